The SMILES string of the molecule is CCCC(N=[N+]=[N-])C(C)O. The lowest BCUT2D eigenvalue weighted by Gasteiger charge is -2.11. The number of aliphatic hydroxyl groups is 1. The van der Waals surface area contributed by atoms with Gasteiger partial charge in [0.15, 0.2) is 0 Å². The summed E-state index contributed by atoms with van der Waals surface area (Å²) in [4.78, 5) is 2.64. The van der Waals surface area contributed by atoms with Crippen molar-refractivity contribution in [1.82, 2.24) is 0 Å². The Kier molecular flexibility index (Phi) is 4.72. The number of nitrogens with zero attached hydrogens (tertiary/aromatic N) is 3. The van der Waals surface area contributed by atoms with Gasteiger partial charge in [-0.1, -0.05) is 18.5 Å². The molecule has 1 N–H and O–H groups in total. The van der Waals surface area contributed by atoms with Crippen molar-refractivity contribution >= 4 is 0 Å². The standard InChI is InChI=1S/C6H13N3O/c1-3-4-6(5(2)10)8-9-7/h5-6,10H,3-4H2,1-2H3. The summed E-state index contributed by atoms with van der Waals surface area (Å²) in [5, 5.41) is 12.5. The summed E-state index contributed by atoms with van der Waals surface area (Å²) >= 11 is 0. The highest BCUT2D eigenvalue weighted by molar-refractivity contribution is 4.71. The molecule has 0 aromatic rings. The summed E-state index contributed by atoms with van der Waals surface area (Å²) < 4.78 is 0. The predicted molar refractivity (Wildman–Crippen MR) is 39.5 cm³/mol. The number of hydrogen-bond acceptors (Lipinski definition) is 2. The fourth-order valence-electron chi connectivity index (χ4n) is 0.758. The normalized spacial score (nSPS) is 15.5. The zero-order valence-corrected chi connectivity index (χ0v) is 6.36. The van der Waals surface area contributed by atoms with E-state index in [4.69, 9.17) is 10.6 Å². The van der Waals surface area contributed by atoms with E-state index in [0.717, 1.165) is 12.8 Å². The molecule has 0 fully saturated rings. The second-order valence-electron chi connectivity index (χ2n) is 2.30. The molecule has 0 heterocycles. The minimum atomic E-state index is -0.532. The van der Waals surface area contributed by atoms with E-state index in [1.165, 1.54) is 0 Å². The Balaban J connectivity index is 3.84. The van der Waals surface area contributed by atoms with Crippen molar-refractivity contribution in [3.05, 3.63) is 10.4 Å². The van der Waals surface area contributed by atoms with Gasteiger partial charge in [-0.3, -0.25) is 0 Å². The van der Waals surface area contributed by atoms with Crippen LogP contribution in [0.2, 0.25) is 0 Å². The van der Waals surface area contributed by atoms with Crippen LogP contribution in [0, 0.1) is 0 Å². The molecule has 0 rings (SSSR count). The summed E-state index contributed by atoms with van der Waals surface area (Å²) in [6, 6.07) is -0.255. The van der Waals surface area contributed by atoms with Crippen LogP contribution in [-0.4, -0.2) is 17.3 Å². The first-order valence-electron chi connectivity index (χ1n) is 3.44. The van der Waals surface area contributed by atoms with Crippen LogP contribution in [0.3, 0.4) is 0 Å². The van der Waals surface area contributed by atoms with Crippen molar-refractivity contribution in [3.63, 3.8) is 0 Å². The van der Waals surface area contributed by atoms with E-state index >= 15 is 0 Å². The van der Waals surface area contributed by atoms with Crippen LogP contribution in [0.5, 0.6) is 0 Å². The van der Waals surface area contributed by atoms with Gasteiger partial charge >= 0.3 is 0 Å². The Labute approximate surface area is 60.5 Å². The number of hydrogen-bond donors (Lipinski definition) is 1. The predicted octanol–water partition coefficient (Wildman–Crippen LogP) is 1.85. The molecule has 4 nitrogen and oxygen atoms in total. The van der Waals surface area contributed by atoms with E-state index in [2.05, 4.69) is 10.0 Å². The fourth-order valence-corrected chi connectivity index (χ4v) is 0.758. The Morgan fingerprint density at radius 2 is 2.30 bits per heavy atom. The van der Waals surface area contributed by atoms with Crippen molar-refractivity contribution in [3.8, 4) is 0 Å². The molecule has 0 aromatic carbocycles. The monoisotopic (exact) mass is 143 g/mol. The van der Waals surface area contributed by atoms with E-state index in [9.17, 15) is 0 Å². The third kappa shape index (κ3) is 3.33. The molecule has 10 heavy (non-hydrogen) atoms. The summed E-state index contributed by atoms with van der Waals surface area (Å²) in [7, 11) is 0. The van der Waals surface area contributed by atoms with Gasteiger partial charge in [0.25, 0.3) is 0 Å². The first-order valence-corrected chi connectivity index (χ1v) is 3.44. The highest BCUT2D eigenvalue weighted by Gasteiger charge is 2.10. The zero-order valence-electron chi connectivity index (χ0n) is 6.36. The molecule has 0 radical (unpaired) electrons. The summed E-state index contributed by atoms with van der Waals surface area (Å²) in [5.41, 5.74) is 8.06. The van der Waals surface area contributed by atoms with E-state index in [1.807, 2.05) is 6.92 Å². The molecule has 0 aliphatic heterocycles. The van der Waals surface area contributed by atoms with Gasteiger partial charge in [0.05, 0.1) is 12.1 Å². The molecule has 4 heteroatoms. The molecule has 58 valence electrons. The van der Waals surface area contributed by atoms with Gasteiger partial charge in [0.2, 0.25) is 0 Å². The maximum absolute atomic E-state index is 9.01. The molecule has 0 saturated heterocycles. The van der Waals surface area contributed by atoms with Crippen molar-refractivity contribution in [1.29, 1.82) is 0 Å². The van der Waals surface area contributed by atoms with Crippen LogP contribution in [0.15, 0.2) is 5.11 Å². The lowest BCUT2D eigenvalue weighted by Crippen LogP contribution is -2.19. The number of azide groups is 1. The smallest absolute Gasteiger partial charge is 0.0630 e. The van der Waals surface area contributed by atoms with Crippen LogP contribution in [0.1, 0.15) is 26.7 Å². The van der Waals surface area contributed by atoms with Crippen molar-refractivity contribution < 1.29 is 5.11 Å². The maximum Gasteiger partial charge on any atom is 0.0630 e. The van der Waals surface area contributed by atoms with Gasteiger partial charge in [-0.15, -0.1) is 0 Å². The van der Waals surface area contributed by atoms with E-state index < -0.39 is 6.10 Å². The second kappa shape index (κ2) is 5.09. The Hall–Kier alpha value is -0.730. The van der Waals surface area contributed by atoms with Gasteiger partial charge in [-0.2, -0.15) is 0 Å². The summed E-state index contributed by atoms with van der Waals surface area (Å²) in [6.07, 6.45) is 1.15. The van der Waals surface area contributed by atoms with Crippen molar-refractivity contribution in [2.45, 2.75) is 38.8 Å². The largest absolute Gasteiger partial charge is 0.393 e. The molecular formula is C6H13N3O. The second-order valence-corrected chi connectivity index (χ2v) is 2.30. The topological polar surface area (TPSA) is 69.0 Å². The fraction of sp³-hybridized carbons (Fsp3) is 1.00. The summed E-state index contributed by atoms with van der Waals surface area (Å²) in [5.74, 6) is 0. The molecule has 2 atom stereocenters. The van der Waals surface area contributed by atoms with Crippen LogP contribution in [0.4, 0.5) is 0 Å². The zero-order chi connectivity index (χ0) is 7.98. The Morgan fingerprint density at radius 1 is 1.70 bits per heavy atom. The third-order valence-electron chi connectivity index (χ3n) is 1.34. The number of rotatable bonds is 4. The Bertz CT molecular complexity index is 129. The number of aliphatic hydroxyl groups excluding tert-OH is 1. The summed E-state index contributed by atoms with van der Waals surface area (Å²) in [6.45, 7) is 3.62. The minimum Gasteiger partial charge on any atom is -0.393 e. The van der Waals surface area contributed by atoms with Crippen LogP contribution in [0.25, 0.3) is 10.4 Å². The molecule has 0 saturated carbocycles. The van der Waals surface area contributed by atoms with Gasteiger partial charge < -0.3 is 5.11 Å². The lowest BCUT2D eigenvalue weighted by atomic mass is 10.1. The average Bonchev–Trinajstić information content (AvgIpc) is 1.87. The van der Waals surface area contributed by atoms with E-state index in [-0.39, 0.29) is 6.04 Å². The molecular weight excluding hydrogens is 130 g/mol. The lowest BCUT2D eigenvalue weighted by molar-refractivity contribution is 0.159. The quantitative estimate of drug-likeness (QED) is 0.364. The van der Waals surface area contributed by atoms with Crippen molar-refractivity contribution in [2.75, 3.05) is 0 Å². The first kappa shape index (κ1) is 9.27. The van der Waals surface area contributed by atoms with Gasteiger partial charge in [-0.25, -0.2) is 0 Å². The van der Waals surface area contributed by atoms with Crippen LogP contribution >= 0.6 is 0 Å². The molecule has 0 bridgehead atoms. The van der Waals surface area contributed by atoms with Crippen LogP contribution < -0.4 is 0 Å². The molecule has 0 aliphatic carbocycles. The maximum atomic E-state index is 9.01. The average molecular weight is 143 g/mol. The van der Waals surface area contributed by atoms with Crippen molar-refractivity contribution in [2.24, 2.45) is 5.11 Å². The third-order valence-corrected chi connectivity index (χ3v) is 1.34. The van der Waals surface area contributed by atoms with E-state index in [1.54, 1.807) is 6.92 Å². The van der Waals surface area contributed by atoms with E-state index in [0.29, 0.717) is 0 Å². The van der Waals surface area contributed by atoms with Gasteiger partial charge in [0, 0.05) is 4.91 Å². The van der Waals surface area contributed by atoms with Gasteiger partial charge in [-0.05, 0) is 18.9 Å². The van der Waals surface area contributed by atoms with Gasteiger partial charge in [0.1, 0.15) is 0 Å². The molecule has 0 aromatic heterocycles. The highest BCUT2D eigenvalue weighted by atomic mass is 16.3. The Morgan fingerprint density at radius 3 is 2.60 bits per heavy atom. The highest BCUT2D eigenvalue weighted by Crippen LogP contribution is 2.06. The molecule has 0 amide bonds. The molecule has 0 spiro atoms. The minimum absolute atomic E-state index is 0.255. The molecule has 0 aliphatic rings. The molecule has 2 unspecified atom stereocenters. The first-order chi connectivity index (χ1) is 4.72. The van der Waals surface area contributed by atoms with Crippen LogP contribution in [-0.2, 0) is 0 Å².